The molecular weight excluding hydrogens is 490 g/mol. The molecule has 0 aliphatic rings. The molecule has 0 spiro atoms. The summed E-state index contributed by atoms with van der Waals surface area (Å²) >= 11 is 1.43. The first-order valence-corrected chi connectivity index (χ1v) is 11.7. The third-order valence-electron chi connectivity index (χ3n) is 5.25. The third-order valence-corrected chi connectivity index (χ3v) is 6.12. The van der Waals surface area contributed by atoms with Crippen molar-refractivity contribution in [1.82, 2.24) is 9.88 Å². The lowest BCUT2D eigenvalue weighted by atomic mass is 10.1. The van der Waals surface area contributed by atoms with E-state index in [1.165, 1.54) is 32.7 Å². The van der Waals surface area contributed by atoms with Crippen LogP contribution in [0.2, 0.25) is 0 Å². The van der Waals surface area contributed by atoms with Gasteiger partial charge in [-0.3, -0.25) is 9.69 Å². The normalized spacial score (nSPS) is 10.5. The molecule has 0 fully saturated rings. The maximum Gasteiger partial charge on any atom is 0.260 e. The Morgan fingerprint density at radius 3 is 2.06 bits per heavy atom. The first kappa shape index (κ1) is 28.2. The van der Waals surface area contributed by atoms with E-state index in [2.05, 4.69) is 4.90 Å². The number of aromatic nitrogens is 1. The lowest BCUT2D eigenvalue weighted by Gasteiger charge is -2.22. The highest BCUT2D eigenvalue weighted by Gasteiger charge is 2.24. The molecule has 0 N–H and O–H groups in total. The van der Waals surface area contributed by atoms with Crippen LogP contribution in [0.1, 0.15) is 16.8 Å². The molecule has 1 aromatic heterocycles. The maximum atomic E-state index is 13.7. The number of nitrogens with zero attached hydrogens (tertiary/aromatic N) is 3. The van der Waals surface area contributed by atoms with Crippen LogP contribution in [0.25, 0.3) is 11.3 Å². The average Bonchev–Trinajstić information content (AvgIpc) is 3.35. The van der Waals surface area contributed by atoms with Crippen molar-refractivity contribution in [3.8, 4) is 34.3 Å². The smallest absolute Gasteiger partial charge is 0.260 e. The van der Waals surface area contributed by atoms with Crippen molar-refractivity contribution in [2.75, 3.05) is 60.5 Å². The third kappa shape index (κ3) is 6.78. The van der Waals surface area contributed by atoms with E-state index in [-0.39, 0.29) is 18.3 Å². The molecule has 3 rings (SSSR count). The van der Waals surface area contributed by atoms with E-state index in [4.69, 9.17) is 23.9 Å². The number of halogens is 1. The summed E-state index contributed by atoms with van der Waals surface area (Å²) in [7, 11) is 10.2. The molecule has 35 heavy (non-hydrogen) atoms. The SMILES string of the molecule is COc1ccc(-c2csc(N(CCCN(C)C)C(=O)c3cc(OC)c(OC)c(OC)c3)n2)cc1.Cl. The molecule has 1 amide bonds. The van der Waals surface area contributed by atoms with Crippen LogP contribution in [-0.2, 0) is 0 Å². The minimum Gasteiger partial charge on any atom is -0.497 e. The number of rotatable bonds is 11. The minimum absolute atomic E-state index is 0. The van der Waals surface area contributed by atoms with Crippen LogP contribution in [-0.4, -0.2) is 71.4 Å². The number of benzene rings is 2. The second-order valence-electron chi connectivity index (χ2n) is 7.77. The standard InChI is InChI=1S/C25H31N3O5S.ClH/c1-27(2)12-7-13-28(24(29)18-14-21(31-4)23(33-6)22(15-18)32-5)25-26-20(16-34-25)17-8-10-19(30-3)11-9-17;/h8-11,14-16H,7,12-13H2,1-6H3;1H. The number of carbonyl (C=O) groups excluding carboxylic acids is 1. The summed E-state index contributed by atoms with van der Waals surface area (Å²) in [6.45, 7) is 1.36. The Morgan fingerprint density at radius 1 is 0.914 bits per heavy atom. The quantitative estimate of drug-likeness (QED) is 0.356. The summed E-state index contributed by atoms with van der Waals surface area (Å²) in [6, 6.07) is 11.0. The van der Waals surface area contributed by atoms with Gasteiger partial charge in [0, 0.05) is 23.1 Å². The van der Waals surface area contributed by atoms with Crippen molar-refractivity contribution in [3.05, 3.63) is 47.3 Å². The van der Waals surface area contributed by atoms with Gasteiger partial charge >= 0.3 is 0 Å². The Balaban J connectivity index is 0.00000432. The molecule has 0 aliphatic carbocycles. The van der Waals surface area contributed by atoms with Crippen LogP contribution in [0.4, 0.5) is 5.13 Å². The van der Waals surface area contributed by atoms with Gasteiger partial charge in [-0.1, -0.05) is 0 Å². The first-order chi connectivity index (χ1) is 16.4. The van der Waals surface area contributed by atoms with Crippen LogP contribution in [0.5, 0.6) is 23.0 Å². The van der Waals surface area contributed by atoms with Crippen molar-refractivity contribution >= 4 is 34.8 Å². The summed E-state index contributed by atoms with van der Waals surface area (Å²) < 4.78 is 21.5. The van der Waals surface area contributed by atoms with E-state index in [0.717, 1.165) is 30.0 Å². The van der Waals surface area contributed by atoms with Gasteiger partial charge in [-0.05, 0) is 63.5 Å². The number of hydrogen-bond acceptors (Lipinski definition) is 8. The van der Waals surface area contributed by atoms with Crippen molar-refractivity contribution in [1.29, 1.82) is 0 Å². The Labute approximate surface area is 216 Å². The summed E-state index contributed by atoms with van der Waals surface area (Å²) in [5.41, 5.74) is 2.19. The van der Waals surface area contributed by atoms with E-state index in [1.807, 2.05) is 43.7 Å². The predicted octanol–water partition coefficient (Wildman–Crippen LogP) is 4.86. The molecular formula is C25H32ClN3O5S. The van der Waals surface area contributed by atoms with Crippen molar-refractivity contribution < 1.29 is 23.7 Å². The van der Waals surface area contributed by atoms with Gasteiger partial charge in [0.1, 0.15) is 5.75 Å². The van der Waals surface area contributed by atoms with E-state index < -0.39 is 0 Å². The molecule has 0 atom stereocenters. The van der Waals surface area contributed by atoms with E-state index in [0.29, 0.717) is 34.5 Å². The van der Waals surface area contributed by atoms with Gasteiger partial charge in [-0.2, -0.15) is 0 Å². The fourth-order valence-electron chi connectivity index (χ4n) is 3.47. The molecule has 0 saturated carbocycles. The van der Waals surface area contributed by atoms with Crippen molar-refractivity contribution in [2.45, 2.75) is 6.42 Å². The van der Waals surface area contributed by atoms with Crippen molar-refractivity contribution in [3.63, 3.8) is 0 Å². The lowest BCUT2D eigenvalue weighted by molar-refractivity contribution is 0.0985. The summed E-state index contributed by atoms with van der Waals surface area (Å²) in [5.74, 6) is 1.89. The number of methoxy groups -OCH3 is 4. The Bertz CT molecular complexity index is 1080. The highest BCUT2D eigenvalue weighted by atomic mass is 35.5. The molecule has 190 valence electrons. The number of thiazole rings is 1. The number of amides is 1. The number of anilines is 1. The minimum atomic E-state index is -0.186. The molecule has 8 nitrogen and oxygen atoms in total. The molecule has 0 saturated heterocycles. The summed E-state index contributed by atoms with van der Waals surface area (Å²) in [5, 5.41) is 2.58. The topological polar surface area (TPSA) is 73.4 Å². The summed E-state index contributed by atoms with van der Waals surface area (Å²) in [6.07, 6.45) is 0.792. The van der Waals surface area contributed by atoms with Gasteiger partial charge in [-0.25, -0.2) is 4.98 Å². The molecule has 0 aliphatic heterocycles. The predicted molar refractivity (Wildman–Crippen MR) is 142 cm³/mol. The number of carbonyl (C=O) groups is 1. The monoisotopic (exact) mass is 521 g/mol. The number of hydrogen-bond donors (Lipinski definition) is 0. The van der Waals surface area contributed by atoms with Crippen LogP contribution in [0.15, 0.2) is 41.8 Å². The number of ether oxygens (including phenoxy) is 4. The van der Waals surface area contributed by atoms with Gasteiger partial charge in [0.2, 0.25) is 5.75 Å². The Kier molecular flexibility index (Phi) is 10.6. The highest BCUT2D eigenvalue weighted by molar-refractivity contribution is 7.14. The van der Waals surface area contributed by atoms with Crippen LogP contribution >= 0.6 is 23.7 Å². The van der Waals surface area contributed by atoms with Crippen molar-refractivity contribution in [2.24, 2.45) is 0 Å². The zero-order valence-electron chi connectivity index (χ0n) is 20.9. The van der Waals surface area contributed by atoms with Crippen LogP contribution in [0, 0.1) is 0 Å². The van der Waals surface area contributed by atoms with Gasteiger partial charge in [0.15, 0.2) is 16.6 Å². The fourth-order valence-corrected chi connectivity index (χ4v) is 4.33. The van der Waals surface area contributed by atoms with Crippen LogP contribution < -0.4 is 23.8 Å². The van der Waals surface area contributed by atoms with Gasteiger partial charge in [0.05, 0.1) is 34.1 Å². The second-order valence-corrected chi connectivity index (χ2v) is 8.61. The molecule has 0 unspecified atom stereocenters. The Hall–Kier alpha value is -3.01. The zero-order valence-corrected chi connectivity index (χ0v) is 22.5. The molecule has 1 heterocycles. The highest BCUT2D eigenvalue weighted by Crippen LogP contribution is 2.39. The van der Waals surface area contributed by atoms with Crippen LogP contribution in [0.3, 0.4) is 0 Å². The zero-order chi connectivity index (χ0) is 24.7. The van der Waals surface area contributed by atoms with Gasteiger partial charge in [0.25, 0.3) is 5.91 Å². The summed E-state index contributed by atoms with van der Waals surface area (Å²) in [4.78, 5) is 22.3. The molecule has 0 radical (unpaired) electrons. The molecule has 0 bridgehead atoms. The lowest BCUT2D eigenvalue weighted by Crippen LogP contribution is -2.33. The fraction of sp³-hybridized carbons (Fsp3) is 0.360. The van der Waals surface area contributed by atoms with E-state index in [9.17, 15) is 4.79 Å². The molecule has 10 heteroatoms. The van der Waals surface area contributed by atoms with Gasteiger partial charge < -0.3 is 23.8 Å². The molecule has 3 aromatic rings. The van der Waals surface area contributed by atoms with E-state index in [1.54, 1.807) is 24.1 Å². The second kappa shape index (κ2) is 13.2. The van der Waals surface area contributed by atoms with Gasteiger partial charge in [-0.15, -0.1) is 23.7 Å². The Morgan fingerprint density at radius 2 is 1.54 bits per heavy atom. The largest absolute Gasteiger partial charge is 0.497 e. The first-order valence-electron chi connectivity index (χ1n) is 10.8. The average molecular weight is 522 g/mol. The van der Waals surface area contributed by atoms with E-state index >= 15 is 0 Å². The maximum absolute atomic E-state index is 13.7. The molecule has 2 aromatic carbocycles.